The van der Waals surface area contributed by atoms with Gasteiger partial charge in [-0.2, -0.15) is 0 Å². The molecule has 0 bridgehead atoms. The molecule has 0 saturated heterocycles. The summed E-state index contributed by atoms with van der Waals surface area (Å²) in [6, 6.07) is 7.53. The predicted molar refractivity (Wildman–Crippen MR) is 79.7 cm³/mol. The summed E-state index contributed by atoms with van der Waals surface area (Å²) in [6.45, 7) is 0. The van der Waals surface area contributed by atoms with Gasteiger partial charge in [0.2, 0.25) is 5.91 Å². The van der Waals surface area contributed by atoms with Crippen LogP contribution < -0.4 is 10.1 Å². The van der Waals surface area contributed by atoms with Crippen LogP contribution in [0.15, 0.2) is 36.4 Å². The molecule has 20 heavy (non-hydrogen) atoms. The second-order valence-electron chi connectivity index (χ2n) is 5.70. The lowest BCUT2D eigenvalue weighted by molar-refractivity contribution is -0.117. The van der Waals surface area contributed by atoms with Crippen molar-refractivity contribution in [2.75, 3.05) is 12.4 Å². The Hall–Kier alpha value is -1.77. The monoisotopic (exact) mass is 271 g/mol. The van der Waals surface area contributed by atoms with Gasteiger partial charge in [0.05, 0.1) is 7.11 Å². The summed E-state index contributed by atoms with van der Waals surface area (Å²) in [7, 11) is 1.63. The van der Waals surface area contributed by atoms with Crippen molar-refractivity contribution in [3.63, 3.8) is 0 Å². The molecule has 1 saturated carbocycles. The van der Waals surface area contributed by atoms with Crippen molar-refractivity contribution in [3.05, 3.63) is 36.4 Å². The van der Waals surface area contributed by atoms with Crippen LogP contribution in [0, 0.1) is 17.8 Å². The number of benzene rings is 1. The number of allylic oxidation sites excluding steroid dienone is 2. The smallest absolute Gasteiger partial charge is 0.228 e. The van der Waals surface area contributed by atoms with E-state index in [1.807, 2.05) is 24.3 Å². The van der Waals surface area contributed by atoms with Crippen molar-refractivity contribution in [2.24, 2.45) is 17.8 Å². The number of carbonyl (C=O) groups is 1. The van der Waals surface area contributed by atoms with Crippen molar-refractivity contribution < 1.29 is 9.53 Å². The van der Waals surface area contributed by atoms with Crippen LogP contribution in [0.5, 0.6) is 5.75 Å². The third kappa shape index (κ3) is 2.72. The van der Waals surface area contributed by atoms with Gasteiger partial charge in [0.15, 0.2) is 0 Å². The quantitative estimate of drug-likeness (QED) is 0.853. The molecule has 3 rings (SSSR count). The topological polar surface area (TPSA) is 38.3 Å². The van der Waals surface area contributed by atoms with E-state index in [4.69, 9.17) is 4.74 Å². The van der Waals surface area contributed by atoms with Crippen molar-refractivity contribution in [1.82, 2.24) is 0 Å². The number of fused-ring (bicyclic) bond motifs is 1. The molecule has 0 aromatic heterocycles. The highest BCUT2D eigenvalue weighted by molar-refractivity contribution is 5.95. The van der Waals surface area contributed by atoms with E-state index >= 15 is 0 Å². The Labute approximate surface area is 120 Å². The number of ether oxygens (including phenoxy) is 1. The van der Waals surface area contributed by atoms with Crippen LogP contribution in [-0.2, 0) is 4.79 Å². The number of carbonyl (C=O) groups excluding carboxylic acids is 1. The summed E-state index contributed by atoms with van der Waals surface area (Å²) in [5, 5.41) is 3.02. The highest BCUT2D eigenvalue weighted by Gasteiger charge is 2.52. The third-order valence-electron chi connectivity index (χ3n) is 4.39. The molecule has 2 aliphatic rings. The number of hydrogen-bond donors (Lipinski definition) is 1. The van der Waals surface area contributed by atoms with Gasteiger partial charge in [-0.15, -0.1) is 0 Å². The van der Waals surface area contributed by atoms with Crippen LogP contribution in [0.2, 0.25) is 0 Å². The van der Waals surface area contributed by atoms with Crippen LogP contribution in [-0.4, -0.2) is 13.0 Å². The fourth-order valence-electron chi connectivity index (χ4n) is 3.23. The van der Waals surface area contributed by atoms with Gasteiger partial charge in [-0.05, 0) is 43.2 Å². The molecule has 1 fully saturated rings. The minimum Gasteiger partial charge on any atom is -0.497 e. The number of anilines is 1. The predicted octanol–water partition coefficient (Wildman–Crippen LogP) is 3.63. The first-order valence-corrected chi connectivity index (χ1v) is 7.41. The van der Waals surface area contributed by atoms with Crippen molar-refractivity contribution in [3.8, 4) is 5.75 Å². The minimum absolute atomic E-state index is 0.153. The first kappa shape index (κ1) is 13.2. The zero-order valence-electron chi connectivity index (χ0n) is 11.8. The molecule has 2 aliphatic carbocycles. The lowest BCUT2D eigenvalue weighted by Gasteiger charge is -2.06. The summed E-state index contributed by atoms with van der Waals surface area (Å²) >= 11 is 0. The number of nitrogens with one attached hydrogen (secondary N) is 1. The van der Waals surface area contributed by atoms with Crippen molar-refractivity contribution in [2.45, 2.75) is 25.7 Å². The first-order chi connectivity index (χ1) is 9.79. The van der Waals surface area contributed by atoms with Crippen LogP contribution >= 0.6 is 0 Å². The molecule has 3 atom stereocenters. The fraction of sp³-hybridized carbons (Fsp3) is 0.471. The van der Waals surface area contributed by atoms with Gasteiger partial charge in [0.1, 0.15) is 5.75 Å². The summed E-state index contributed by atoms with van der Waals surface area (Å²) in [5.74, 6) is 2.10. The van der Waals surface area contributed by atoms with Crippen molar-refractivity contribution >= 4 is 11.6 Å². The second kappa shape index (κ2) is 5.70. The van der Waals surface area contributed by atoms with Gasteiger partial charge in [-0.25, -0.2) is 0 Å². The third-order valence-corrected chi connectivity index (χ3v) is 4.39. The van der Waals surface area contributed by atoms with Crippen LogP contribution in [0.3, 0.4) is 0 Å². The van der Waals surface area contributed by atoms with Gasteiger partial charge in [0.25, 0.3) is 0 Å². The van der Waals surface area contributed by atoms with E-state index in [1.54, 1.807) is 7.11 Å². The van der Waals surface area contributed by atoms with E-state index in [0.29, 0.717) is 11.8 Å². The van der Waals surface area contributed by atoms with E-state index in [9.17, 15) is 4.79 Å². The average Bonchev–Trinajstić information content (AvgIpc) is 3.10. The number of hydrogen-bond acceptors (Lipinski definition) is 2. The SMILES string of the molecule is COc1cccc(NC(=O)[C@@H]2[C@H]3C=CCCCC[C@H]32)c1. The maximum Gasteiger partial charge on any atom is 0.228 e. The highest BCUT2D eigenvalue weighted by atomic mass is 16.5. The Bertz CT molecular complexity index is 523. The van der Waals surface area contributed by atoms with E-state index in [0.717, 1.165) is 17.9 Å². The Morgan fingerprint density at radius 3 is 3.10 bits per heavy atom. The van der Waals surface area contributed by atoms with Crippen molar-refractivity contribution in [1.29, 1.82) is 0 Å². The molecule has 1 aromatic carbocycles. The Morgan fingerprint density at radius 1 is 1.35 bits per heavy atom. The van der Waals surface area contributed by atoms with Crippen LogP contribution in [0.4, 0.5) is 5.69 Å². The maximum atomic E-state index is 12.4. The molecular weight excluding hydrogens is 250 g/mol. The largest absolute Gasteiger partial charge is 0.497 e. The Morgan fingerprint density at radius 2 is 2.25 bits per heavy atom. The molecule has 0 heterocycles. The standard InChI is InChI=1S/C17H21NO2/c1-20-13-8-6-7-12(11-13)18-17(19)16-14-9-4-2-3-5-10-15(14)16/h4,6-9,11,14-16H,2-3,5,10H2,1H3,(H,18,19)/t14-,15+,16+/m0/s1. The molecule has 3 nitrogen and oxygen atoms in total. The van der Waals surface area contributed by atoms with E-state index in [1.165, 1.54) is 19.3 Å². The van der Waals surface area contributed by atoms with E-state index in [2.05, 4.69) is 17.5 Å². The summed E-state index contributed by atoms with van der Waals surface area (Å²) in [5.41, 5.74) is 0.817. The maximum absolute atomic E-state index is 12.4. The summed E-state index contributed by atoms with van der Waals surface area (Å²) in [4.78, 5) is 12.4. The second-order valence-corrected chi connectivity index (χ2v) is 5.70. The Kier molecular flexibility index (Phi) is 3.77. The van der Waals surface area contributed by atoms with Crippen LogP contribution in [0.25, 0.3) is 0 Å². The van der Waals surface area contributed by atoms with Gasteiger partial charge in [0, 0.05) is 17.7 Å². The Balaban J connectivity index is 1.65. The molecule has 0 spiro atoms. The molecule has 3 heteroatoms. The summed E-state index contributed by atoms with van der Waals surface area (Å²) < 4.78 is 5.18. The lowest BCUT2D eigenvalue weighted by Crippen LogP contribution is -2.15. The average molecular weight is 271 g/mol. The number of rotatable bonds is 3. The number of amides is 1. The van der Waals surface area contributed by atoms with Crippen LogP contribution in [0.1, 0.15) is 25.7 Å². The minimum atomic E-state index is 0.153. The number of methoxy groups -OCH3 is 1. The highest BCUT2D eigenvalue weighted by Crippen LogP contribution is 2.51. The molecule has 0 aliphatic heterocycles. The zero-order valence-corrected chi connectivity index (χ0v) is 11.8. The summed E-state index contributed by atoms with van der Waals surface area (Å²) in [6.07, 6.45) is 9.34. The molecule has 1 N–H and O–H groups in total. The van der Waals surface area contributed by atoms with Gasteiger partial charge < -0.3 is 10.1 Å². The van der Waals surface area contributed by atoms with E-state index in [-0.39, 0.29) is 11.8 Å². The molecule has 1 amide bonds. The molecule has 0 radical (unpaired) electrons. The van der Waals surface area contributed by atoms with Gasteiger partial charge in [-0.1, -0.05) is 24.6 Å². The first-order valence-electron chi connectivity index (χ1n) is 7.41. The normalized spacial score (nSPS) is 27.9. The molecule has 106 valence electrons. The molecule has 1 aromatic rings. The van der Waals surface area contributed by atoms with Gasteiger partial charge in [-0.3, -0.25) is 4.79 Å². The van der Waals surface area contributed by atoms with Gasteiger partial charge >= 0.3 is 0 Å². The fourth-order valence-corrected chi connectivity index (χ4v) is 3.23. The zero-order chi connectivity index (χ0) is 13.9. The molecular formula is C17H21NO2. The van der Waals surface area contributed by atoms with E-state index < -0.39 is 0 Å². The lowest BCUT2D eigenvalue weighted by atomic mass is 10.1. The molecule has 0 unspecified atom stereocenters.